The number of hydrogen-bond acceptors (Lipinski definition) is 7. The molecule has 3 unspecified atom stereocenters. The summed E-state index contributed by atoms with van der Waals surface area (Å²) < 4.78 is 5.52. The lowest BCUT2D eigenvalue weighted by Gasteiger charge is -2.18. The number of amides is 4. The van der Waals surface area contributed by atoms with Crippen LogP contribution in [0.1, 0.15) is 68.7 Å². The quantitative estimate of drug-likeness (QED) is 0.0918. The summed E-state index contributed by atoms with van der Waals surface area (Å²) in [6.45, 7) is 8.38. The van der Waals surface area contributed by atoms with E-state index in [1.807, 2.05) is 25.6 Å². The lowest BCUT2D eigenvalue weighted by Crippen LogP contribution is -2.36. The van der Waals surface area contributed by atoms with Crippen LogP contribution in [0.4, 0.5) is 4.79 Å². The normalized spacial score (nSPS) is 19.9. The van der Waals surface area contributed by atoms with Gasteiger partial charge in [0.1, 0.15) is 0 Å². The largest absolute Gasteiger partial charge is 0.378 e. The zero-order valence-corrected chi connectivity index (χ0v) is 23.3. The Labute approximate surface area is 227 Å². The van der Waals surface area contributed by atoms with Crippen molar-refractivity contribution in [1.82, 2.24) is 21.3 Å². The third-order valence-electron chi connectivity index (χ3n) is 7.39. The van der Waals surface area contributed by atoms with E-state index in [1.165, 1.54) is 0 Å². The average molecular weight is 547 g/mol. The van der Waals surface area contributed by atoms with Crippen LogP contribution in [0.2, 0.25) is 0 Å². The third kappa shape index (κ3) is 7.13. The van der Waals surface area contributed by atoms with Crippen LogP contribution in [0, 0.1) is 27.7 Å². The minimum Gasteiger partial charge on any atom is -0.378 e. The number of rotatable bonds is 14. The van der Waals surface area contributed by atoms with Gasteiger partial charge in [0.05, 0.1) is 25.3 Å². The number of Topliss-reactive ketones (excluding diaryl/α,β-unsaturated/α-hetero) is 1. The van der Waals surface area contributed by atoms with Crippen LogP contribution in [-0.2, 0) is 14.3 Å². The fourth-order valence-electron chi connectivity index (χ4n) is 5.17. The molecule has 3 atom stereocenters. The maximum absolute atomic E-state index is 12.8. The van der Waals surface area contributed by atoms with Gasteiger partial charge in [-0.05, 0) is 62.8 Å². The molecule has 10 nitrogen and oxygen atoms in total. The second kappa shape index (κ2) is 13.7. The highest BCUT2D eigenvalue weighted by Gasteiger charge is 2.42. The van der Waals surface area contributed by atoms with Gasteiger partial charge in [-0.25, -0.2) is 4.79 Å². The molecule has 2 heterocycles. The predicted molar refractivity (Wildman–Crippen MR) is 146 cm³/mol. The molecular formula is C27H38N4O6S. The van der Waals surface area contributed by atoms with Crippen LogP contribution in [0.15, 0.2) is 0 Å². The molecule has 2 fully saturated rings. The lowest BCUT2D eigenvalue weighted by molar-refractivity contribution is -0.121. The van der Waals surface area contributed by atoms with Gasteiger partial charge in [0.15, 0.2) is 6.29 Å². The Morgan fingerprint density at radius 1 is 0.947 bits per heavy atom. The Kier molecular flexibility index (Phi) is 10.7. The number of unbranched alkanes of at least 4 members (excludes halogenated alkanes) is 1. The van der Waals surface area contributed by atoms with Gasteiger partial charge in [0, 0.05) is 41.6 Å². The Bertz CT molecular complexity index is 1090. The SMILES string of the molecule is Cc1c(C)c(C(=O)C=O)c(C)c(C(=O)NCCOCCNC(=O)CCCCC2SCC3NC(=O)NC32)c1C. The summed E-state index contributed by atoms with van der Waals surface area (Å²) in [4.78, 5) is 59.5. The van der Waals surface area contributed by atoms with Gasteiger partial charge in [-0.3, -0.25) is 19.2 Å². The fraction of sp³-hybridized carbons (Fsp3) is 0.593. The van der Waals surface area contributed by atoms with Crippen molar-refractivity contribution < 1.29 is 28.7 Å². The Morgan fingerprint density at radius 2 is 1.63 bits per heavy atom. The number of fused-ring (bicyclic) bond motifs is 1. The fourth-order valence-corrected chi connectivity index (χ4v) is 6.71. The van der Waals surface area contributed by atoms with E-state index in [2.05, 4.69) is 21.3 Å². The maximum Gasteiger partial charge on any atom is 0.315 e. The number of ether oxygens (including phenoxy) is 1. The molecule has 0 saturated carbocycles. The van der Waals surface area contributed by atoms with E-state index >= 15 is 0 Å². The standard InChI is InChI=1S/C27H38N4O6S/c1-15-16(2)23(20(33)13-32)18(4)24(17(15)3)26(35)29-10-12-37-11-9-28-22(34)8-6-5-7-21-25-19(14-38-21)30-27(36)31-25/h13,19,21,25H,5-12,14H2,1-4H3,(H,28,34)(H,29,35)(H2,30,31,36). The van der Waals surface area contributed by atoms with E-state index in [0.717, 1.165) is 36.1 Å². The van der Waals surface area contributed by atoms with Crippen LogP contribution < -0.4 is 21.3 Å². The van der Waals surface area contributed by atoms with Crippen LogP contribution >= 0.6 is 11.8 Å². The lowest BCUT2D eigenvalue weighted by atomic mass is 9.87. The summed E-state index contributed by atoms with van der Waals surface area (Å²) in [5, 5.41) is 12.0. The van der Waals surface area contributed by atoms with Gasteiger partial charge in [0.25, 0.3) is 5.91 Å². The predicted octanol–water partition coefficient (Wildman–Crippen LogP) is 1.89. The summed E-state index contributed by atoms with van der Waals surface area (Å²) in [5.74, 6) is -0.0360. The molecule has 4 amide bonds. The van der Waals surface area contributed by atoms with Crippen molar-refractivity contribution in [1.29, 1.82) is 0 Å². The third-order valence-corrected chi connectivity index (χ3v) is 8.90. The number of carbonyl (C=O) groups is 5. The summed E-state index contributed by atoms with van der Waals surface area (Å²) in [6.07, 6.45) is 3.44. The summed E-state index contributed by atoms with van der Waals surface area (Å²) >= 11 is 1.88. The van der Waals surface area contributed by atoms with Crippen LogP contribution in [0.5, 0.6) is 0 Å². The maximum atomic E-state index is 12.8. The monoisotopic (exact) mass is 546 g/mol. The van der Waals surface area contributed by atoms with Crippen molar-refractivity contribution in [3.63, 3.8) is 0 Å². The highest BCUT2D eigenvalue weighted by molar-refractivity contribution is 8.00. The molecule has 38 heavy (non-hydrogen) atoms. The Balaban J connectivity index is 1.28. The number of hydrogen-bond donors (Lipinski definition) is 4. The molecular weight excluding hydrogens is 508 g/mol. The number of ketones is 1. The molecule has 4 N–H and O–H groups in total. The molecule has 2 aliphatic heterocycles. The Morgan fingerprint density at radius 3 is 2.34 bits per heavy atom. The van der Waals surface area contributed by atoms with Gasteiger partial charge in [0.2, 0.25) is 11.7 Å². The molecule has 1 aromatic rings. The second-order valence-corrected chi connectivity index (χ2v) is 11.1. The van der Waals surface area contributed by atoms with Gasteiger partial charge in [-0.15, -0.1) is 0 Å². The number of carbonyl (C=O) groups excluding carboxylic acids is 5. The molecule has 2 saturated heterocycles. The van der Waals surface area contributed by atoms with Gasteiger partial charge in [-0.1, -0.05) is 6.42 Å². The van der Waals surface area contributed by atoms with E-state index in [4.69, 9.17) is 4.74 Å². The van der Waals surface area contributed by atoms with Crippen LogP contribution in [-0.4, -0.2) is 79.3 Å². The summed E-state index contributed by atoms with van der Waals surface area (Å²) in [7, 11) is 0. The summed E-state index contributed by atoms with van der Waals surface area (Å²) in [6, 6.07) is 0.339. The molecule has 0 aromatic heterocycles. The van der Waals surface area contributed by atoms with Crippen molar-refractivity contribution in [3.8, 4) is 0 Å². The number of thioether (sulfide) groups is 1. The molecule has 3 rings (SSSR count). The van der Waals surface area contributed by atoms with Crippen molar-refractivity contribution in [3.05, 3.63) is 33.4 Å². The molecule has 11 heteroatoms. The number of aldehydes is 1. The van der Waals surface area contributed by atoms with E-state index < -0.39 is 5.78 Å². The van der Waals surface area contributed by atoms with Gasteiger partial charge < -0.3 is 26.0 Å². The minimum absolute atomic E-state index is 0.0175. The van der Waals surface area contributed by atoms with Crippen molar-refractivity contribution in [2.75, 3.05) is 32.1 Å². The van der Waals surface area contributed by atoms with E-state index in [9.17, 15) is 24.0 Å². The highest BCUT2D eigenvalue weighted by Crippen LogP contribution is 2.33. The van der Waals surface area contributed by atoms with E-state index in [-0.39, 0.29) is 54.9 Å². The van der Waals surface area contributed by atoms with E-state index in [0.29, 0.717) is 41.5 Å². The smallest absolute Gasteiger partial charge is 0.315 e. The number of nitrogens with one attached hydrogen (secondary N) is 4. The molecule has 2 aliphatic rings. The van der Waals surface area contributed by atoms with Gasteiger partial charge in [-0.2, -0.15) is 11.8 Å². The van der Waals surface area contributed by atoms with Crippen molar-refractivity contribution in [2.45, 2.75) is 70.7 Å². The first kappa shape index (κ1) is 29.6. The molecule has 0 aliphatic carbocycles. The molecule has 1 aromatic carbocycles. The number of benzene rings is 1. The zero-order valence-electron chi connectivity index (χ0n) is 22.5. The topological polar surface area (TPSA) is 143 Å². The van der Waals surface area contributed by atoms with Gasteiger partial charge >= 0.3 is 6.03 Å². The van der Waals surface area contributed by atoms with Crippen molar-refractivity contribution in [2.24, 2.45) is 0 Å². The Hall–Kier alpha value is -2.92. The molecule has 208 valence electrons. The summed E-state index contributed by atoms with van der Waals surface area (Å²) in [5.41, 5.74) is 3.48. The minimum atomic E-state index is -0.634. The second-order valence-electron chi connectivity index (χ2n) is 9.82. The zero-order chi connectivity index (χ0) is 27.8. The molecule has 0 bridgehead atoms. The number of urea groups is 1. The van der Waals surface area contributed by atoms with Crippen LogP contribution in [0.25, 0.3) is 0 Å². The molecule has 0 spiro atoms. The van der Waals surface area contributed by atoms with Crippen molar-refractivity contribution >= 4 is 41.7 Å². The molecule has 0 radical (unpaired) electrons. The highest BCUT2D eigenvalue weighted by atomic mass is 32.2. The first-order valence-electron chi connectivity index (χ1n) is 13.1. The first-order valence-corrected chi connectivity index (χ1v) is 14.1. The van der Waals surface area contributed by atoms with Crippen LogP contribution in [0.3, 0.4) is 0 Å². The van der Waals surface area contributed by atoms with E-state index in [1.54, 1.807) is 13.8 Å². The first-order chi connectivity index (χ1) is 18.1. The average Bonchev–Trinajstić information content (AvgIpc) is 3.43.